The molecule has 4 nitrogen and oxygen atoms in total. The molecule has 0 aliphatic carbocycles. The van der Waals surface area contributed by atoms with E-state index in [0.717, 1.165) is 12.8 Å². The zero-order chi connectivity index (χ0) is 11.8. The van der Waals surface area contributed by atoms with Crippen LogP contribution >= 0.6 is 0 Å². The first-order chi connectivity index (χ1) is 7.01. The summed E-state index contributed by atoms with van der Waals surface area (Å²) in [5.74, 6) is -0.805. The first-order valence-corrected chi connectivity index (χ1v) is 5.53. The number of carboxylic acid groups (broad SMARTS) is 1. The Morgan fingerprint density at radius 2 is 1.93 bits per heavy atom. The van der Waals surface area contributed by atoms with Crippen LogP contribution in [0, 0.1) is 5.92 Å². The Kier molecular flexibility index (Phi) is 6.75. The van der Waals surface area contributed by atoms with Crippen molar-refractivity contribution in [1.29, 1.82) is 0 Å². The van der Waals surface area contributed by atoms with Crippen molar-refractivity contribution in [3.63, 3.8) is 0 Å². The third-order valence-corrected chi connectivity index (χ3v) is 2.36. The van der Waals surface area contributed by atoms with Crippen LogP contribution in [0.5, 0.6) is 0 Å². The van der Waals surface area contributed by atoms with E-state index < -0.39 is 12.0 Å². The molecular weight excluding hydrogens is 194 g/mol. The van der Waals surface area contributed by atoms with Gasteiger partial charge in [0.2, 0.25) is 5.91 Å². The maximum Gasteiger partial charge on any atom is 0.326 e. The molecule has 0 rings (SSSR count). The fourth-order valence-corrected chi connectivity index (χ4v) is 1.50. The van der Waals surface area contributed by atoms with Gasteiger partial charge in [-0.05, 0) is 12.3 Å². The van der Waals surface area contributed by atoms with E-state index in [0.29, 0.717) is 18.8 Å². The van der Waals surface area contributed by atoms with E-state index in [1.165, 1.54) is 0 Å². The number of carbonyl (C=O) groups excluding carboxylic acids is 1. The van der Waals surface area contributed by atoms with Gasteiger partial charge in [-0.3, -0.25) is 4.79 Å². The molecule has 1 amide bonds. The number of amides is 1. The fourth-order valence-electron chi connectivity index (χ4n) is 1.50. The lowest BCUT2D eigenvalue weighted by Crippen LogP contribution is -2.40. The molecular formula is C11H21NO3. The molecule has 0 aromatic carbocycles. The minimum Gasteiger partial charge on any atom is -0.480 e. The number of aliphatic carboxylic acids is 1. The Bertz CT molecular complexity index is 216. The number of rotatable bonds is 7. The van der Waals surface area contributed by atoms with E-state index in [1.54, 1.807) is 6.92 Å². The van der Waals surface area contributed by atoms with Gasteiger partial charge in [0.1, 0.15) is 6.04 Å². The normalized spacial score (nSPS) is 14.3. The van der Waals surface area contributed by atoms with Gasteiger partial charge in [0.15, 0.2) is 0 Å². The summed E-state index contributed by atoms with van der Waals surface area (Å²) in [5.41, 5.74) is 0. The van der Waals surface area contributed by atoms with Crippen LogP contribution in [0.3, 0.4) is 0 Å². The SMILES string of the molecule is CCCC(C)CC(=O)NC(CC)C(=O)O. The molecule has 0 bridgehead atoms. The maximum atomic E-state index is 11.4. The third-order valence-electron chi connectivity index (χ3n) is 2.36. The molecule has 0 radical (unpaired) electrons. The smallest absolute Gasteiger partial charge is 0.326 e. The fraction of sp³-hybridized carbons (Fsp3) is 0.818. The van der Waals surface area contributed by atoms with Crippen molar-refractivity contribution in [2.24, 2.45) is 5.92 Å². The van der Waals surface area contributed by atoms with Crippen LogP contribution in [-0.2, 0) is 9.59 Å². The Morgan fingerprint density at radius 1 is 1.33 bits per heavy atom. The summed E-state index contributed by atoms with van der Waals surface area (Å²) in [7, 11) is 0. The van der Waals surface area contributed by atoms with Crippen molar-refractivity contribution < 1.29 is 14.7 Å². The summed E-state index contributed by atoms with van der Waals surface area (Å²) in [6.07, 6.45) is 2.88. The molecule has 2 N–H and O–H groups in total. The molecule has 0 heterocycles. The number of hydrogen-bond donors (Lipinski definition) is 2. The van der Waals surface area contributed by atoms with E-state index in [2.05, 4.69) is 12.2 Å². The summed E-state index contributed by atoms with van der Waals surface area (Å²) < 4.78 is 0. The molecule has 0 spiro atoms. The lowest BCUT2D eigenvalue weighted by molar-refractivity contribution is -0.142. The average Bonchev–Trinajstić information content (AvgIpc) is 2.13. The van der Waals surface area contributed by atoms with Gasteiger partial charge in [-0.1, -0.05) is 33.6 Å². The predicted octanol–water partition coefficient (Wildman–Crippen LogP) is 1.79. The number of hydrogen-bond acceptors (Lipinski definition) is 2. The molecule has 88 valence electrons. The van der Waals surface area contributed by atoms with Crippen molar-refractivity contribution in [1.82, 2.24) is 5.32 Å². The van der Waals surface area contributed by atoms with Gasteiger partial charge in [-0.15, -0.1) is 0 Å². The Labute approximate surface area is 91.1 Å². The molecule has 0 aromatic heterocycles. The quantitative estimate of drug-likeness (QED) is 0.680. The van der Waals surface area contributed by atoms with Gasteiger partial charge < -0.3 is 10.4 Å². The van der Waals surface area contributed by atoms with E-state index in [-0.39, 0.29) is 5.91 Å². The summed E-state index contributed by atoms with van der Waals surface area (Å²) in [6.45, 7) is 5.82. The van der Waals surface area contributed by atoms with Crippen molar-refractivity contribution in [2.75, 3.05) is 0 Å². The van der Waals surface area contributed by atoms with Gasteiger partial charge in [-0.25, -0.2) is 4.79 Å². The number of nitrogens with one attached hydrogen (secondary N) is 1. The molecule has 0 saturated heterocycles. The van der Waals surface area contributed by atoms with Gasteiger partial charge in [0, 0.05) is 6.42 Å². The van der Waals surface area contributed by atoms with Crippen LogP contribution in [0.2, 0.25) is 0 Å². The van der Waals surface area contributed by atoms with Crippen LogP contribution in [0.1, 0.15) is 46.5 Å². The average molecular weight is 215 g/mol. The van der Waals surface area contributed by atoms with Crippen LogP contribution in [0.15, 0.2) is 0 Å². The minimum absolute atomic E-state index is 0.162. The minimum atomic E-state index is -0.964. The van der Waals surface area contributed by atoms with Crippen LogP contribution in [-0.4, -0.2) is 23.0 Å². The highest BCUT2D eigenvalue weighted by atomic mass is 16.4. The van der Waals surface area contributed by atoms with E-state index >= 15 is 0 Å². The van der Waals surface area contributed by atoms with E-state index in [1.807, 2.05) is 6.92 Å². The first-order valence-electron chi connectivity index (χ1n) is 5.53. The molecule has 2 unspecified atom stereocenters. The molecule has 0 fully saturated rings. The highest BCUT2D eigenvalue weighted by molar-refractivity contribution is 5.83. The van der Waals surface area contributed by atoms with Crippen LogP contribution < -0.4 is 5.32 Å². The lowest BCUT2D eigenvalue weighted by atomic mass is 10.0. The largest absolute Gasteiger partial charge is 0.480 e. The Hall–Kier alpha value is -1.06. The zero-order valence-corrected chi connectivity index (χ0v) is 9.75. The molecule has 4 heteroatoms. The van der Waals surface area contributed by atoms with E-state index in [4.69, 9.17) is 5.11 Å². The second kappa shape index (κ2) is 7.26. The highest BCUT2D eigenvalue weighted by Gasteiger charge is 2.18. The summed E-state index contributed by atoms with van der Waals surface area (Å²) in [4.78, 5) is 22.1. The molecule has 15 heavy (non-hydrogen) atoms. The van der Waals surface area contributed by atoms with Crippen LogP contribution in [0.4, 0.5) is 0 Å². The molecule has 2 atom stereocenters. The summed E-state index contributed by atoms with van der Waals surface area (Å²) in [6, 6.07) is -0.744. The third kappa shape index (κ3) is 6.10. The van der Waals surface area contributed by atoms with Gasteiger partial charge >= 0.3 is 5.97 Å². The van der Waals surface area contributed by atoms with Crippen molar-refractivity contribution >= 4 is 11.9 Å². The number of carbonyl (C=O) groups is 2. The topological polar surface area (TPSA) is 66.4 Å². The first kappa shape index (κ1) is 13.9. The monoisotopic (exact) mass is 215 g/mol. The van der Waals surface area contributed by atoms with Crippen LogP contribution in [0.25, 0.3) is 0 Å². The highest BCUT2D eigenvalue weighted by Crippen LogP contribution is 2.09. The van der Waals surface area contributed by atoms with Crippen molar-refractivity contribution in [3.05, 3.63) is 0 Å². The molecule has 0 aliphatic heterocycles. The van der Waals surface area contributed by atoms with Gasteiger partial charge in [0.25, 0.3) is 0 Å². The number of carboxylic acids is 1. The lowest BCUT2D eigenvalue weighted by Gasteiger charge is -2.14. The second-order valence-corrected chi connectivity index (χ2v) is 3.96. The Morgan fingerprint density at radius 3 is 2.33 bits per heavy atom. The molecule has 0 saturated carbocycles. The predicted molar refractivity (Wildman–Crippen MR) is 58.5 cm³/mol. The van der Waals surface area contributed by atoms with Gasteiger partial charge in [-0.2, -0.15) is 0 Å². The van der Waals surface area contributed by atoms with Gasteiger partial charge in [0.05, 0.1) is 0 Å². The Balaban J connectivity index is 3.96. The van der Waals surface area contributed by atoms with E-state index in [9.17, 15) is 9.59 Å². The standard InChI is InChI=1S/C11H21NO3/c1-4-6-8(3)7-10(13)12-9(5-2)11(14)15/h8-9H,4-7H2,1-3H3,(H,12,13)(H,14,15). The second-order valence-electron chi connectivity index (χ2n) is 3.96. The summed E-state index contributed by atoms with van der Waals surface area (Å²) >= 11 is 0. The zero-order valence-electron chi connectivity index (χ0n) is 9.75. The van der Waals surface area contributed by atoms with Crippen molar-refractivity contribution in [2.45, 2.75) is 52.5 Å². The molecule has 0 aromatic rings. The molecule has 0 aliphatic rings. The maximum absolute atomic E-state index is 11.4. The van der Waals surface area contributed by atoms with Crippen molar-refractivity contribution in [3.8, 4) is 0 Å². The summed E-state index contributed by atoms with van der Waals surface area (Å²) in [5, 5.41) is 11.3.